The Labute approximate surface area is 343 Å². The maximum atomic E-state index is 12.5. The van der Waals surface area contributed by atoms with E-state index in [1.54, 1.807) is 6.08 Å². The van der Waals surface area contributed by atoms with E-state index in [9.17, 15) is 23.8 Å². The van der Waals surface area contributed by atoms with Gasteiger partial charge in [0.1, 0.15) is 12.6 Å². The smallest absolute Gasteiger partial charge is 0.472 e. The highest BCUT2D eigenvalue weighted by Crippen LogP contribution is 2.43. The molecule has 0 radical (unpaired) electrons. The zero-order chi connectivity index (χ0) is 42.1. The quantitative estimate of drug-likeness (QED) is 0.0234. The minimum Gasteiger partial charge on any atom is -0.480 e. The summed E-state index contributed by atoms with van der Waals surface area (Å²) < 4.78 is 32.5. The van der Waals surface area contributed by atoms with Crippen LogP contribution >= 0.6 is 7.82 Å². The van der Waals surface area contributed by atoms with E-state index in [-0.39, 0.29) is 12.8 Å². The molecule has 3 atom stereocenters. The molecule has 0 saturated heterocycles. The van der Waals surface area contributed by atoms with E-state index in [2.05, 4.69) is 79.1 Å². The highest BCUT2D eigenvalue weighted by Gasteiger charge is 2.28. The molecule has 0 aromatic heterocycles. The van der Waals surface area contributed by atoms with Crippen molar-refractivity contribution in [1.82, 2.24) is 0 Å². The van der Waals surface area contributed by atoms with E-state index in [1.807, 2.05) is 18.2 Å². The molecule has 3 unspecified atom stereocenters. The van der Waals surface area contributed by atoms with E-state index in [0.29, 0.717) is 12.8 Å². The number of allylic oxidation sites excluding steroid dienone is 13. The van der Waals surface area contributed by atoms with Gasteiger partial charge in [0.25, 0.3) is 0 Å². The third-order valence-electron chi connectivity index (χ3n) is 8.41. The maximum Gasteiger partial charge on any atom is 0.472 e. The van der Waals surface area contributed by atoms with Crippen LogP contribution in [0.5, 0.6) is 0 Å². The molecular weight excluding hydrogens is 745 g/mol. The predicted octanol–water partition coefficient (Wildman–Crippen LogP) is 11.1. The van der Waals surface area contributed by atoms with Gasteiger partial charge in [0, 0.05) is 6.42 Å². The van der Waals surface area contributed by atoms with Crippen molar-refractivity contribution in [1.29, 1.82) is 0 Å². The monoisotopic (exact) mass is 820 g/mol. The molecule has 0 aromatic rings. The van der Waals surface area contributed by atoms with Crippen LogP contribution in [0.1, 0.15) is 149 Å². The number of carbonyl (C=O) groups excluding carboxylic acids is 2. The molecule has 324 valence electrons. The van der Waals surface area contributed by atoms with Crippen LogP contribution in [-0.2, 0) is 37.5 Å². The van der Waals surface area contributed by atoms with Gasteiger partial charge in [-0.1, -0.05) is 150 Å². The van der Waals surface area contributed by atoms with Gasteiger partial charge in [-0.3, -0.25) is 23.4 Å². The molecule has 0 saturated carbocycles. The largest absolute Gasteiger partial charge is 0.480 e. The average molecular weight is 820 g/mol. The van der Waals surface area contributed by atoms with Crippen molar-refractivity contribution >= 4 is 25.7 Å². The lowest BCUT2D eigenvalue weighted by Crippen LogP contribution is -2.34. The Kier molecular flexibility index (Phi) is 37.2. The minimum absolute atomic E-state index is 0.0771. The normalized spacial score (nSPS) is 14.6. The lowest BCUT2D eigenvalue weighted by Gasteiger charge is -2.20. The van der Waals surface area contributed by atoms with Gasteiger partial charge < -0.3 is 25.2 Å². The third-order valence-corrected chi connectivity index (χ3v) is 9.36. The molecule has 0 aliphatic carbocycles. The number of hydrogen-bond acceptors (Lipinski definition) is 9. The zero-order valence-corrected chi connectivity index (χ0v) is 35.8. The lowest BCUT2D eigenvalue weighted by atomic mass is 10.1. The summed E-state index contributed by atoms with van der Waals surface area (Å²) in [6, 6.07) is -1.54. The molecule has 57 heavy (non-hydrogen) atoms. The minimum atomic E-state index is -4.75. The van der Waals surface area contributed by atoms with Gasteiger partial charge in [-0.05, 0) is 70.6 Å². The number of hydrogen-bond donors (Lipinski definition) is 3. The highest BCUT2D eigenvalue weighted by atomic mass is 31.2. The Balaban J connectivity index is 4.52. The van der Waals surface area contributed by atoms with Gasteiger partial charge in [0.15, 0.2) is 6.10 Å². The number of ether oxygens (including phenoxy) is 2. The van der Waals surface area contributed by atoms with Gasteiger partial charge in [-0.25, -0.2) is 4.57 Å². The fourth-order valence-electron chi connectivity index (χ4n) is 5.11. The Morgan fingerprint density at radius 2 is 1.04 bits per heavy atom. The Morgan fingerprint density at radius 3 is 1.56 bits per heavy atom. The van der Waals surface area contributed by atoms with Crippen LogP contribution in [-0.4, -0.2) is 59.9 Å². The summed E-state index contributed by atoms with van der Waals surface area (Å²) in [6.07, 6.45) is 48.2. The van der Waals surface area contributed by atoms with Crippen LogP contribution in [0.3, 0.4) is 0 Å². The number of carboxylic acids is 1. The number of phosphoric acid groups is 1. The summed E-state index contributed by atoms with van der Waals surface area (Å²) in [5, 5.41) is 8.88. The molecule has 0 amide bonds. The fourth-order valence-corrected chi connectivity index (χ4v) is 5.89. The van der Waals surface area contributed by atoms with Crippen LogP contribution in [0.4, 0.5) is 0 Å². The summed E-state index contributed by atoms with van der Waals surface area (Å²) in [5.74, 6) is -2.56. The topological polar surface area (TPSA) is 172 Å². The lowest BCUT2D eigenvalue weighted by molar-refractivity contribution is -0.160. The van der Waals surface area contributed by atoms with Crippen molar-refractivity contribution in [3.63, 3.8) is 0 Å². The molecule has 12 heteroatoms. The highest BCUT2D eigenvalue weighted by molar-refractivity contribution is 7.47. The summed E-state index contributed by atoms with van der Waals surface area (Å²) in [7, 11) is -4.75. The van der Waals surface area contributed by atoms with Crippen molar-refractivity contribution in [2.75, 3.05) is 19.8 Å². The van der Waals surface area contributed by atoms with Crippen LogP contribution in [0.2, 0.25) is 0 Å². The summed E-state index contributed by atoms with van der Waals surface area (Å²) in [5.41, 5.74) is 5.32. The van der Waals surface area contributed by atoms with Crippen molar-refractivity contribution < 1.29 is 47.5 Å². The number of nitrogens with two attached hydrogens (primary N) is 1. The fraction of sp³-hybridized carbons (Fsp3) is 0.622. The molecule has 0 bridgehead atoms. The number of phosphoric ester groups is 1. The molecule has 11 nitrogen and oxygen atoms in total. The molecule has 4 N–H and O–H groups in total. The number of carbonyl (C=O) groups is 3. The van der Waals surface area contributed by atoms with Crippen molar-refractivity contribution in [2.45, 2.75) is 161 Å². The second-order valence-electron chi connectivity index (χ2n) is 13.8. The van der Waals surface area contributed by atoms with E-state index in [1.165, 1.54) is 44.9 Å². The molecule has 0 aliphatic rings. The van der Waals surface area contributed by atoms with Crippen molar-refractivity contribution in [3.05, 3.63) is 85.1 Å². The first-order chi connectivity index (χ1) is 27.6. The number of rotatable bonds is 38. The molecule has 0 aromatic carbocycles. The van der Waals surface area contributed by atoms with Gasteiger partial charge in [-0.15, -0.1) is 0 Å². The second-order valence-corrected chi connectivity index (χ2v) is 15.2. The molecule has 0 rings (SSSR count). The summed E-state index contributed by atoms with van der Waals surface area (Å²) >= 11 is 0. The standard InChI is InChI=1S/C45H74NO10P/c1-3-5-7-9-11-13-15-17-19-20-21-23-24-26-28-30-32-34-36-43(47)53-38-41(39-54-57(51,52)55-40-42(46)45(49)50)56-44(48)37-35-33-31-29-27-25-22-18-16-14-12-10-8-6-4-2/h6,8,12-15,18-20,22,27,29,33,35,41-42H,3-5,7,9-11,16-17,21,23-26,28,30-32,34,36-40,46H2,1-2H3,(H,49,50)(H,51,52)/b8-6-,14-12-,15-13-,20-19-,22-18-,29-27-,35-33-. The van der Waals surface area contributed by atoms with Gasteiger partial charge in [0.05, 0.1) is 19.6 Å². The zero-order valence-electron chi connectivity index (χ0n) is 34.9. The third kappa shape index (κ3) is 39.3. The molecule has 0 heterocycles. The number of aliphatic carboxylic acids is 1. The molecular formula is C45H74NO10P. The van der Waals surface area contributed by atoms with Crippen LogP contribution < -0.4 is 5.73 Å². The van der Waals surface area contributed by atoms with Crippen LogP contribution in [0.25, 0.3) is 0 Å². The van der Waals surface area contributed by atoms with Gasteiger partial charge >= 0.3 is 25.7 Å². The summed E-state index contributed by atoms with van der Waals surface area (Å²) in [6.45, 7) is 2.54. The average Bonchev–Trinajstić information content (AvgIpc) is 3.19. The van der Waals surface area contributed by atoms with Gasteiger partial charge in [-0.2, -0.15) is 0 Å². The maximum absolute atomic E-state index is 12.5. The van der Waals surface area contributed by atoms with Crippen molar-refractivity contribution in [3.8, 4) is 0 Å². The predicted molar refractivity (Wildman–Crippen MR) is 230 cm³/mol. The summed E-state index contributed by atoms with van der Waals surface area (Å²) in [4.78, 5) is 45.8. The Hall–Kier alpha value is -3.34. The van der Waals surface area contributed by atoms with E-state index < -0.39 is 57.7 Å². The van der Waals surface area contributed by atoms with E-state index in [0.717, 1.165) is 64.2 Å². The van der Waals surface area contributed by atoms with Crippen molar-refractivity contribution in [2.24, 2.45) is 5.73 Å². The van der Waals surface area contributed by atoms with Gasteiger partial charge in [0.2, 0.25) is 0 Å². The molecule has 0 spiro atoms. The number of esters is 2. The SMILES string of the molecule is CC/C=C\C/C=C\C/C=C\C/C=C\C/C=C\CC(=O)OC(COC(=O)CCCCCCCCC/C=C\C/C=C\CCCCCC)COP(=O)(O)OCC(N)C(=O)O. The first-order valence-corrected chi connectivity index (χ1v) is 22.6. The van der Waals surface area contributed by atoms with E-state index in [4.69, 9.17) is 24.8 Å². The number of unbranched alkanes of at least 4 members (excludes halogenated alkanes) is 11. The Morgan fingerprint density at radius 1 is 0.579 bits per heavy atom. The van der Waals surface area contributed by atoms with E-state index >= 15 is 0 Å². The Bertz CT molecular complexity index is 1290. The van der Waals surface area contributed by atoms with Crippen LogP contribution in [0.15, 0.2) is 85.1 Å². The second kappa shape index (κ2) is 39.5. The molecule has 0 fully saturated rings. The first-order valence-electron chi connectivity index (χ1n) is 21.1. The molecule has 0 aliphatic heterocycles. The van der Waals surface area contributed by atoms with Crippen LogP contribution in [0, 0.1) is 0 Å². The number of carboxylic acid groups (broad SMARTS) is 1. The first kappa shape index (κ1) is 53.7.